The van der Waals surface area contributed by atoms with E-state index in [1.807, 2.05) is 32.9 Å². The minimum Gasteiger partial charge on any atom is -0.442 e. The lowest BCUT2D eigenvalue weighted by Gasteiger charge is -2.36. The van der Waals surface area contributed by atoms with Gasteiger partial charge in [0.15, 0.2) is 0 Å². The van der Waals surface area contributed by atoms with Crippen molar-refractivity contribution in [2.24, 2.45) is 0 Å². The average Bonchev–Trinajstić information content (AvgIpc) is 3.37. The van der Waals surface area contributed by atoms with Crippen molar-refractivity contribution >= 4 is 52.2 Å². The predicted molar refractivity (Wildman–Crippen MR) is 127 cm³/mol. The van der Waals surface area contributed by atoms with Gasteiger partial charge < -0.3 is 19.3 Å². The lowest BCUT2D eigenvalue weighted by atomic mass is 10.0. The van der Waals surface area contributed by atoms with Crippen molar-refractivity contribution in [3.05, 3.63) is 45.6 Å². The maximum Gasteiger partial charge on any atom is 0.414 e. The first-order chi connectivity index (χ1) is 15.6. The first-order valence-corrected chi connectivity index (χ1v) is 11.9. The Kier molecular flexibility index (Phi) is 6.65. The molecule has 4 rings (SSSR count). The highest BCUT2D eigenvalue weighted by Crippen LogP contribution is 2.29. The first-order valence-electron chi connectivity index (χ1n) is 10.7. The molecule has 1 aromatic carbocycles. The summed E-state index contributed by atoms with van der Waals surface area (Å²) in [6.07, 6.45) is -0.938. The number of nitrogens with zero attached hydrogens (tertiary/aromatic N) is 3. The van der Waals surface area contributed by atoms with E-state index in [1.165, 1.54) is 11.3 Å². The fourth-order valence-corrected chi connectivity index (χ4v) is 4.85. The highest BCUT2D eigenvalue weighted by atomic mass is 35.5. The molecule has 0 saturated carbocycles. The Morgan fingerprint density at radius 2 is 1.79 bits per heavy atom. The highest BCUT2D eigenvalue weighted by molar-refractivity contribution is 7.17. The Bertz CT molecular complexity index is 1050. The van der Waals surface area contributed by atoms with Crippen LogP contribution in [0, 0.1) is 0 Å². The normalized spacial score (nSPS) is 19.1. The first kappa shape index (κ1) is 23.5. The second-order valence-corrected chi connectivity index (χ2v) is 10.6. The van der Waals surface area contributed by atoms with E-state index in [-0.39, 0.29) is 25.0 Å². The van der Waals surface area contributed by atoms with Crippen LogP contribution in [0.2, 0.25) is 4.34 Å². The molecule has 1 unspecified atom stereocenters. The van der Waals surface area contributed by atoms with Crippen molar-refractivity contribution in [3.63, 3.8) is 0 Å². The van der Waals surface area contributed by atoms with E-state index in [4.69, 9.17) is 21.1 Å². The highest BCUT2D eigenvalue weighted by Gasteiger charge is 2.38. The van der Waals surface area contributed by atoms with Gasteiger partial charge in [-0.25, -0.2) is 4.79 Å². The second kappa shape index (κ2) is 9.32. The molecule has 33 heavy (non-hydrogen) atoms. The van der Waals surface area contributed by atoms with Gasteiger partial charge in [-0.2, -0.15) is 0 Å². The third-order valence-electron chi connectivity index (χ3n) is 5.56. The molecule has 176 valence electrons. The summed E-state index contributed by atoms with van der Waals surface area (Å²) < 4.78 is 11.3. The van der Waals surface area contributed by atoms with Gasteiger partial charge in [0, 0.05) is 23.5 Å². The minimum atomic E-state index is -0.475. The van der Waals surface area contributed by atoms with E-state index in [1.54, 1.807) is 39.0 Å². The van der Waals surface area contributed by atoms with E-state index in [9.17, 15) is 14.4 Å². The fourth-order valence-electron chi connectivity index (χ4n) is 3.86. The van der Waals surface area contributed by atoms with Crippen molar-refractivity contribution in [1.29, 1.82) is 0 Å². The third-order valence-corrected chi connectivity index (χ3v) is 6.78. The molecule has 0 aliphatic carbocycles. The number of hydrogen-bond acceptors (Lipinski definition) is 6. The Balaban J connectivity index is 1.45. The Labute approximate surface area is 201 Å². The van der Waals surface area contributed by atoms with Crippen LogP contribution in [-0.4, -0.2) is 67.3 Å². The quantitative estimate of drug-likeness (QED) is 0.631. The summed E-state index contributed by atoms with van der Waals surface area (Å²) in [6.45, 7) is 7.48. The maximum atomic E-state index is 13.1. The molecule has 3 heterocycles. The summed E-state index contributed by atoms with van der Waals surface area (Å²) in [5.41, 5.74) is 0.959. The van der Waals surface area contributed by atoms with Crippen molar-refractivity contribution in [2.45, 2.75) is 32.4 Å². The molecule has 0 radical (unpaired) electrons. The third kappa shape index (κ3) is 5.15. The van der Waals surface area contributed by atoms with Crippen LogP contribution < -0.4 is 9.80 Å². The van der Waals surface area contributed by atoms with Gasteiger partial charge in [-0.15, -0.1) is 11.3 Å². The van der Waals surface area contributed by atoms with Crippen LogP contribution in [0.3, 0.4) is 0 Å². The summed E-state index contributed by atoms with van der Waals surface area (Å²) in [4.78, 5) is 43.2. The van der Waals surface area contributed by atoms with Crippen molar-refractivity contribution in [2.75, 3.05) is 42.6 Å². The van der Waals surface area contributed by atoms with E-state index >= 15 is 0 Å². The molecule has 0 bridgehead atoms. The topological polar surface area (TPSA) is 79.4 Å². The molecular formula is C23H26ClN3O5S. The van der Waals surface area contributed by atoms with Gasteiger partial charge in [-0.05, 0) is 57.2 Å². The molecule has 3 amide bonds. The molecule has 0 spiro atoms. The van der Waals surface area contributed by atoms with Crippen LogP contribution >= 0.6 is 22.9 Å². The number of morpholine rings is 1. The lowest BCUT2D eigenvalue weighted by molar-refractivity contribution is -0.125. The standard InChI is InChI=1S/C23H26ClN3O5S/c1-23(2,3)27(21(29)18-8-9-19(24)33-18)13-17-12-26(22(30)32-17)16-6-4-15(5-7-16)25-10-11-31-14-20(25)28/h4-9,17H,10-14H2,1-3H3. The van der Waals surface area contributed by atoms with Crippen LogP contribution in [0.1, 0.15) is 30.4 Å². The molecule has 2 aliphatic rings. The molecular weight excluding hydrogens is 466 g/mol. The zero-order valence-corrected chi connectivity index (χ0v) is 20.3. The zero-order valence-electron chi connectivity index (χ0n) is 18.7. The fraction of sp³-hybridized carbons (Fsp3) is 0.435. The summed E-state index contributed by atoms with van der Waals surface area (Å²) in [6, 6.07) is 10.6. The lowest BCUT2D eigenvalue weighted by Crippen LogP contribution is -2.49. The number of thiophene rings is 1. The number of amides is 3. The smallest absolute Gasteiger partial charge is 0.414 e. The maximum absolute atomic E-state index is 13.1. The number of halogens is 1. The van der Waals surface area contributed by atoms with E-state index in [2.05, 4.69) is 0 Å². The Morgan fingerprint density at radius 1 is 1.12 bits per heavy atom. The number of carbonyl (C=O) groups is 3. The number of cyclic esters (lactones) is 1. The molecule has 10 heteroatoms. The number of ether oxygens (including phenoxy) is 2. The monoisotopic (exact) mass is 491 g/mol. The number of hydrogen-bond donors (Lipinski definition) is 0. The predicted octanol–water partition coefficient (Wildman–Crippen LogP) is 4.03. The van der Waals surface area contributed by atoms with Crippen LogP contribution in [-0.2, 0) is 14.3 Å². The van der Waals surface area contributed by atoms with Crippen LogP contribution in [0.5, 0.6) is 0 Å². The molecule has 2 fully saturated rings. The van der Waals surface area contributed by atoms with Gasteiger partial charge in [-0.3, -0.25) is 14.5 Å². The van der Waals surface area contributed by atoms with Gasteiger partial charge in [0.1, 0.15) is 12.7 Å². The Hall–Kier alpha value is -2.62. The van der Waals surface area contributed by atoms with Crippen LogP contribution in [0.25, 0.3) is 0 Å². The van der Waals surface area contributed by atoms with Crippen LogP contribution in [0.4, 0.5) is 16.2 Å². The number of benzene rings is 1. The second-order valence-electron chi connectivity index (χ2n) is 8.92. The van der Waals surface area contributed by atoms with E-state index in [0.717, 1.165) is 5.69 Å². The summed E-state index contributed by atoms with van der Waals surface area (Å²) in [7, 11) is 0. The minimum absolute atomic E-state index is 0.0720. The van der Waals surface area contributed by atoms with Crippen LogP contribution in [0.15, 0.2) is 36.4 Å². The zero-order chi connectivity index (χ0) is 23.8. The van der Waals surface area contributed by atoms with Gasteiger partial charge in [0.2, 0.25) is 0 Å². The van der Waals surface area contributed by atoms with Crippen molar-refractivity contribution in [1.82, 2.24) is 4.90 Å². The summed E-state index contributed by atoms with van der Waals surface area (Å²) in [5.74, 6) is -0.234. The molecule has 8 nitrogen and oxygen atoms in total. The summed E-state index contributed by atoms with van der Waals surface area (Å²) >= 11 is 7.24. The molecule has 2 saturated heterocycles. The average molecular weight is 492 g/mol. The SMILES string of the molecule is CC(C)(C)N(CC1CN(c2ccc(N3CCOCC3=O)cc2)C(=O)O1)C(=O)c1ccc(Cl)s1. The number of rotatable bonds is 5. The Morgan fingerprint density at radius 3 is 2.36 bits per heavy atom. The van der Waals surface area contributed by atoms with Crippen molar-refractivity contribution in [3.8, 4) is 0 Å². The van der Waals surface area contributed by atoms with Gasteiger partial charge in [-0.1, -0.05) is 11.6 Å². The number of anilines is 2. The van der Waals surface area contributed by atoms with Gasteiger partial charge in [0.25, 0.3) is 11.8 Å². The number of carbonyl (C=O) groups excluding carboxylic acids is 3. The molecule has 1 aromatic heterocycles. The summed E-state index contributed by atoms with van der Waals surface area (Å²) in [5, 5.41) is 0. The van der Waals surface area contributed by atoms with Crippen molar-refractivity contribution < 1.29 is 23.9 Å². The molecule has 2 aliphatic heterocycles. The van der Waals surface area contributed by atoms with E-state index in [0.29, 0.717) is 34.6 Å². The molecule has 2 aromatic rings. The van der Waals surface area contributed by atoms with Gasteiger partial charge in [0.05, 0.1) is 28.9 Å². The molecule has 0 N–H and O–H groups in total. The largest absolute Gasteiger partial charge is 0.442 e. The van der Waals surface area contributed by atoms with E-state index < -0.39 is 17.7 Å². The molecule has 1 atom stereocenters. The van der Waals surface area contributed by atoms with Gasteiger partial charge >= 0.3 is 6.09 Å².